The van der Waals surface area contributed by atoms with E-state index in [2.05, 4.69) is 15.0 Å². The number of carbonyl (C=O) groups is 1. The third-order valence-corrected chi connectivity index (χ3v) is 3.00. The molecule has 2 aromatic heterocycles. The lowest BCUT2D eigenvalue weighted by Gasteiger charge is -2.04. The molecule has 7 heteroatoms. The Morgan fingerprint density at radius 1 is 1.16 bits per heavy atom. The second kappa shape index (κ2) is 4.33. The van der Waals surface area contributed by atoms with Crippen LogP contribution >= 0.6 is 11.6 Å². The summed E-state index contributed by atoms with van der Waals surface area (Å²) < 4.78 is 1.76. The molecule has 0 aliphatic rings. The number of amides is 1. The maximum absolute atomic E-state index is 11.0. The van der Waals surface area contributed by atoms with E-state index in [0.29, 0.717) is 21.9 Å². The topological polar surface area (TPSA) is 86.7 Å². The summed E-state index contributed by atoms with van der Waals surface area (Å²) in [5.74, 6) is -0.465. The number of aromatic nitrogens is 4. The van der Waals surface area contributed by atoms with Gasteiger partial charge in [-0.25, -0.2) is 15.0 Å². The number of hydrogen-bond donors (Lipinski definition) is 1. The molecule has 3 aromatic rings. The van der Waals surface area contributed by atoms with Crippen LogP contribution in [0.5, 0.6) is 0 Å². The molecule has 0 radical (unpaired) electrons. The van der Waals surface area contributed by atoms with Crippen molar-refractivity contribution >= 4 is 28.7 Å². The SMILES string of the molecule is NC(=O)c1ccc(-n2cnc3c(Cl)ncnc32)cc1. The number of rotatable bonds is 2. The van der Waals surface area contributed by atoms with Crippen molar-refractivity contribution in [1.82, 2.24) is 19.5 Å². The number of primary amides is 1. The molecule has 94 valence electrons. The second-order valence-electron chi connectivity index (χ2n) is 3.86. The number of imidazole rings is 1. The van der Waals surface area contributed by atoms with Crippen molar-refractivity contribution < 1.29 is 4.79 Å². The summed E-state index contributed by atoms with van der Waals surface area (Å²) in [6, 6.07) is 6.81. The third-order valence-electron chi connectivity index (χ3n) is 2.72. The summed E-state index contributed by atoms with van der Waals surface area (Å²) >= 11 is 5.94. The van der Waals surface area contributed by atoms with Crippen molar-refractivity contribution in [3.05, 3.63) is 47.6 Å². The van der Waals surface area contributed by atoms with E-state index >= 15 is 0 Å². The fourth-order valence-corrected chi connectivity index (χ4v) is 1.96. The zero-order chi connectivity index (χ0) is 13.4. The molecule has 0 unspecified atom stereocenters. The maximum Gasteiger partial charge on any atom is 0.248 e. The number of nitrogens with zero attached hydrogens (tertiary/aromatic N) is 4. The summed E-state index contributed by atoms with van der Waals surface area (Å²) in [5, 5.41) is 0.303. The molecule has 1 aromatic carbocycles. The van der Waals surface area contributed by atoms with Gasteiger partial charge in [0.1, 0.15) is 18.2 Å². The van der Waals surface area contributed by atoms with E-state index in [1.54, 1.807) is 35.2 Å². The van der Waals surface area contributed by atoms with Crippen LogP contribution in [0.1, 0.15) is 10.4 Å². The molecule has 0 spiro atoms. The zero-order valence-corrected chi connectivity index (χ0v) is 10.4. The molecule has 0 fully saturated rings. The van der Waals surface area contributed by atoms with E-state index in [-0.39, 0.29) is 0 Å². The van der Waals surface area contributed by atoms with Crippen molar-refractivity contribution in [2.45, 2.75) is 0 Å². The number of carbonyl (C=O) groups excluding carboxylic acids is 1. The molecular weight excluding hydrogens is 266 g/mol. The summed E-state index contributed by atoms with van der Waals surface area (Å²) in [5.41, 5.74) is 7.58. The predicted molar refractivity (Wildman–Crippen MR) is 70.2 cm³/mol. The largest absolute Gasteiger partial charge is 0.366 e. The third kappa shape index (κ3) is 1.92. The Bertz CT molecular complexity index is 765. The van der Waals surface area contributed by atoms with Crippen LogP contribution < -0.4 is 5.73 Å². The van der Waals surface area contributed by atoms with Crippen molar-refractivity contribution in [2.75, 3.05) is 0 Å². The van der Waals surface area contributed by atoms with Gasteiger partial charge in [0.15, 0.2) is 10.8 Å². The minimum absolute atomic E-state index is 0.303. The van der Waals surface area contributed by atoms with E-state index in [4.69, 9.17) is 17.3 Å². The number of hydrogen-bond acceptors (Lipinski definition) is 4. The Hall–Kier alpha value is -2.47. The van der Waals surface area contributed by atoms with E-state index in [9.17, 15) is 4.79 Å². The van der Waals surface area contributed by atoms with Gasteiger partial charge in [0, 0.05) is 11.3 Å². The first-order chi connectivity index (χ1) is 9.16. The van der Waals surface area contributed by atoms with Crippen molar-refractivity contribution in [2.24, 2.45) is 5.73 Å². The Morgan fingerprint density at radius 3 is 2.58 bits per heavy atom. The lowest BCUT2D eigenvalue weighted by Crippen LogP contribution is -2.10. The zero-order valence-electron chi connectivity index (χ0n) is 9.62. The van der Waals surface area contributed by atoms with Crippen molar-refractivity contribution in [3.63, 3.8) is 0 Å². The van der Waals surface area contributed by atoms with Gasteiger partial charge in [-0.1, -0.05) is 11.6 Å². The van der Waals surface area contributed by atoms with Crippen LogP contribution in [0.25, 0.3) is 16.9 Å². The molecule has 0 atom stereocenters. The number of fused-ring (bicyclic) bond motifs is 1. The smallest absolute Gasteiger partial charge is 0.248 e. The molecule has 2 N–H and O–H groups in total. The van der Waals surface area contributed by atoms with Gasteiger partial charge in [0.05, 0.1) is 0 Å². The van der Waals surface area contributed by atoms with Crippen LogP contribution in [0.4, 0.5) is 0 Å². The second-order valence-corrected chi connectivity index (χ2v) is 4.22. The molecule has 0 aliphatic heterocycles. The first kappa shape index (κ1) is 11.6. The van der Waals surface area contributed by atoms with Gasteiger partial charge in [0.25, 0.3) is 0 Å². The average molecular weight is 274 g/mol. The molecule has 0 saturated heterocycles. The minimum atomic E-state index is -0.465. The van der Waals surface area contributed by atoms with Gasteiger partial charge in [0.2, 0.25) is 5.91 Å². The van der Waals surface area contributed by atoms with Crippen LogP contribution in [-0.2, 0) is 0 Å². The molecule has 19 heavy (non-hydrogen) atoms. The Labute approximate surface area is 112 Å². The fourth-order valence-electron chi connectivity index (χ4n) is 1.78. The standard InChI is InChI=1S/C12H8ClN5O/c13-10-9-12(16-5-15-10)18(6-17-9)8-3-1-7(2-4-8)11(14)19/h1-6H,(H2,14,19). The fraction of sp³-hybridized carbons (Fsp3) is 0. The quantitative estimate of drug-likeness (QED) is 0.718. The Kier molecular flexibility index (Phi) is 2.64. The summed E-state index contributed by atoms with van der Waals surface area (Å²) in [4.78, 5) is 23.2. The number of halogens is 1. The van der Waals surface area contributed by atoms with Gasteiger partial charge < -0.3 is 5.73 Å². The molecule has 0 aliphatic carbocycles. The van der Waals surface area contributed by atoms with E-state index in [0.717, 1.165) is 5.69 Å². The lowest BCUT2D eigenvalue weighted by molar-refractivity contribution is 0.100. The van der Waals surface area contributed by atoms with Crippen LogP contribution in [0.3, 0.4) is 0 Å². The highest BCUT2D eigenvalue weighted by molar-refractivity contribution is 6.33. The van der Waals surface area contributed by atoms with Crippen LogP contribution in [0.2, 0.25) is 5.15 Å². The first-order valence-electron chi connectivity index (χ1n) is 5.40. The molecule has 6 nitrogen and oxygen atoms in total. The molecule has 2 heterocycles. The normalized spacial score (nSPS) is 10.8. The highest BCUT2D eigenvalue weighted by Gasteiger charge is 2.10. The summed E-state index contributed by atoms with van der Waals surface area (Å²) in [6.07, 6.45) is 2.98. The maximum atomic E-state index is 11.0. The van der Waals surface area contributed by atoms with E-state index < -0.39 is 5.91 Å². The first-order valence-corrected chi connectivity index (χ1v) is 5.78. The van der Waals surface area contributed by atoms with Crippen LogP contribution in [0, 0.1) is 0 Å². The van der Waals surface area contributed by atoms with Gasteiger partial charge in [-0.05, 0) is 24.3 Å². The van der Waals surface area contributed by atoms with Gasteiger partial charge in [-0.3, -0.25) is 9.36 Å². The monoisotopic (exact) mass is 273 g/mol. The minimum Gasteiger partial charge on any atom is -0.366 e. The highest BCUT2D eigenvalue weighted by atomic mass is 35.5. The Morgan fingerprint density at radius 2 is 1.89 bits per heavy atom. The molecule has 3 rings (SSSR count). The van der Waals surface area contributed by atoms with Gasteiger partial charge >= 0.3 is 0 Å². The summed E-state index contributed by atoms with van der Waals surface area (Å²) in [7, 11) is 0. The van der Waals surface area contributed by atoms with Crippen LogP contribution in [-0.4, -0.2) is 25.4 Å². The van der Waals surface area contributed by atoms with Gasteiger partial charge in [-0.2, -0.15) is 0 Å². The van der Waals surface area contributed by atoms with E-state index in [1.165, 1.54) is 6.33 Å². The number of benzene rings is 1. The lowest BCUT2D eigenvalue weighted by atomic mass is 10.2. The van der Waals surface area contributed by atoms with Gasteiger partial charge in [-0.15, -0.1) is 0 Å². The molecular formula is C12H8ClN5O. The highest BCUT2D eigenvalue weighted by Crippen LogP contribution is 2.20. The predicted octanol–water partition coefficient (Wildman–Crippen LogP) is 1.57. The molecule has 0 saturated carbocycles. The van der Waals surface area contributed by atoms with Crippen LogP contribution in [0.15, 0.2) is 36.9 Å². The molecule has 1 amide bonds. The molecule has 0 bridgehead atoms. The van der Waals surface area contributed by atoms with E-state index in [1.807, 2.05) is 0 Å². The summed E-state index contributed by atoms with van der Waals surface area (Å²) in [6.45, 7) is 0. The van der Waals surface area contributed by atoms with Crippen molar-refractivity contribution in [3.8, 4) is 5.69 Å². The average Bonchev–Trinajstić information content (AvgIpc) is 2.84. The number of nitrogens with two attached hydrogens (primary N) is 1. The van der Waals surface area contributed by atoms with Crippen molar-refractivity contribution in [1.29, 1.82) is 0 Å². The Balaban J connectivity index is 2.14.